The number of halogens is 2. The fourth-order valence-corrected chi connectivity index (χ4v) is 2.52. The summed E-state index contributed by atoms with van der Waals surface area (Å²) in [5, 5.41) is 2.82. The van der Waals surface area contributed by atoms with Crippen molar-refractivity contribution in [3.8, 4) is 0 Å². The van der Waals surface area contributed by atoms with Gasteiger partial charge in [-0.2, -0.15) is 11.8 Å². The molecule has 0 radical (unpaired) electrons. The molecule has 120 valence electrons. The lowest BCUT2D eigenvalue weighted by atomic mass is 9.99. The first-order valence-electron chi connectivity index (χ1n) is 6.90. The lowest BCUT2D eigenvalue weighted by Crippen LogP contribution is -2.45. The van der Waals surface area contributed by atoms with E-state index in [1.165, 1.54) is 6.07 Å². The van der Waals surface area contributed by atoms with Gasteiger partial charge in [0.15, 0.2) is 0 Å². The van der Waals surface area contributed by atoms with E-state index in [1.807, 2.05) is 19.9 Å². The van der Waals surface area contributed by atoms with Crippen molar-refractivity contribution in [2.75, 3.05) is 12.3 Å². The van der Waals surface area contributed by atoms with Gasteiger partial charge in [-0.05, 0) is 17.5 Å². The maximum atomic E-state index is 13.4. The average molecular weight is 335 g/mol. The number of hydrogen-bond donors (Lipinski definition) is 2. The van der Waals surface area contributed by atoms with Crippen LogP contribution in [-0.4, -0.2) is 24.2 Å². The van der Waals surface area contributed by atoms with Crippen LogP contribution >= 0.6 is 24.2 Å². The topological polar surface area (TPSA) is 55.1 Å². The standard InChI is InChI=1S/C15H23FN2OS.ClH/c1-3-11(2)14(17)15(19)18-8-9-20-10-12-6-4-5-7-13(12)16;/h4-7,11,14H,3,8-10,17H2,1-2H3,(H,18,19);1H. The normalized spacial score (nSPS) is 13.1. The van der Waals surface area contributed by atoms with Gasteiger partial charge >= 0.3 is 0 Å². The van der Waals surface area contributed by atoms with Gasteiger partial charge in [0.1, 0.15) is 5.82 Å². The van der Waals surface area contributed by atoms with Crippen molar-refractivity contribution in [2.45, 2.75) is 32.1 Å². The lowest BCUT2D eigenvalue weighted by Gasteiger charge is -2.17. The van der Waals surface area contributed by atoms with Crippen LogP contribution in [0.2, 0.25) is 0 Å². The molecule has 1 aromatic carbocycles. The number of thioether (sulfide) groups is 1. The summed E-state index contributed by atoms with van der Waals surface area (Å²) in [6, 6.07) is 6.30. The number of amides is 1. The van der Waals surface area contributed by atoms with E-state index in [4.69, 9.17) is 5.73 Å². The van der Waals surface area contributed by atoms with Crippen LogP contribution in [0.25, 0.3) is 0 Å². The third-order valence-corrected chi connectivity index (χ3v) is 4.33. The Morgan fingerprint density at radius 2 is 2.10 bits per heavy atom. The number of hydrogen-bond acceptors (Lipinski definition) is 3. The lowest BCUT2D eigenvalue weighted by molar-refractivity contribution is -0.123. The van der Waals surface area contributed by atoms with Crippen LogP contribution < -0.4 is 11.1 Å². The third-order valence-electron chi connectivity index (χ3n) is 3.32. The van der Waals surface area contributed by atoms with Crippen LogP contribution in [0.3, 0.4) is 0 Å². The molecule has 0 saturated carbocycles. The van der Waals surface area contributed by atoms with Crippen molar-refractivity contribution >= 4 is 30.1 Å². The molecule has 2 unspecified atom stereocenters. The molecule has 0 heterocycles. The summed E-state index contributed by atoms with van der Waals surface area (Å²) >= 11 is 1.59. The first kappa shape index (κ1) is 20.2. The Morgan fingerprint density at radius 1 is 1.43 bits per heavy atom. The highest BCUT2D eigenvalue weighted by atomic mass is 35.5. The minimum absolute atomic E-state index is 0. The molecule has 2 atom stereocenters. The number of carbonyl (C=O) groups is 1. The van der Waals surface area contributed by atoms with E-state index in [0.717, 1.165) is 12.2 Å². The molecule has 0 aliphatic carbocycles. The van der Waals surface area contributed by atoms with E-state index in [0.29, 0.717) is 17.9 Å². The van der Waals surface area contributed by atoms with Gasteiger partial charge in [0.25, 0.3) is 0 Å². The number of nitrogens with two attached hydrogens (primary N) is 1. The zero-order valence-corrected chi connectivity index (χ0v) is 14.1. The summed E-state index contributed by atoms with van der Waals surface area (Å²) in [7, 11) is 0. The minimum Gasteiger partial charge on any atom is -0.354 e. The second-order valence-corrected chi connectivity index (χ2v) is 5.95. The quantitative estimate of drug-likeness (QED) is 0.719. The van der Waals surface area contributed by atoms with Crippen molar-refractivity contribution in [3.05, 3.63) is 35.6 Å². The molecule has 0 spiro atoms. The van der Waals surface area contributed by atoms with Crippen LogP contribution in [0.15, 0.2) is 24.3 Å². The van der Waals surface area contributed by atoms with Gasteiger partial charge in [0.2, 0.25) is 5.91 Å². The maximum Gasteiger partial charge on any atom is 0.237 e. The fraction of sp³-hybridized carbons (Fsp3) is 0.533. The SMILES string of the molecule is CCC(C)C(N)C(=O)NCCSCc1ccccc1F.Cl. The van der Waals surface area contributed by atoms with Gasteiger partial charge < -0.3 is 11.1 Å². The van der Waals surface area contributed by atoms with Crippen LogP contribution in [0, 0.1) is 11.7 Å². The first-order valence-corrected chi connectivity index (χ1v) is 8.06. The zero-order chi connectivity index (χ0) is 15.0. The predicted molar refractivity (Wildman–Crippen MR) is 90.3 cm³/mol. The Kier molecular flexibility index (Phi) is 10.5. The van der Waals surface area contributed by atoms with E-state index in [9.17, 15) is 9.18 Å². The highest BCUT2D eigenvalue weighted by Crippen LogP contribution is 2.14. The summed E-state index contributed by atoms with van der Waals surface area (Å²) in [4.78, 5) is 11.7. The molecule has 0 saturated heterocycles. The Labute approximate surface area is 136 Å². The smallest absolute Gasteiger partial charge is 0.237 e. The highest BCUT2D eigenvalue weighted by molar-refractivity contribution is 7.98. The molecular weight excluding hydrogens is 311 g/mol. The van der Waals surface area contributed by atoms with Crippen LogP contribution in [0.4, 0.5) is 4.39 Å². The van der Waals surface area contributed by atoms with Gasteiger partial charge in [0.05, 0.1) is 6.04 Å². The summed E-state index contributed by atoms with van der Waals surface area (Å²) in [6.07, 6.45) is 0.886. The van der Waals surface area contributed by atoms with Gasteiger partial charge in [-0.3, -0.25) is 4.79 Å². The third kappa shape index (κ3) is 7.16. The molecule has 0 aromatic heterocycles. The van der Waals surface area contributed by atoms with Gasteiger partial charge in [-0.15, -0.1) is 12.4 Å². The predicted octanol–water partition coefficient (Wildman–Crippen LogP) is 2.97. The van der Waals surface area contributed by atoms with Crippen molar-refractivity contribution in [1.82, 2.24) is 5.32 Å². The van der Waals surface area contributed by atoms with E-state index in [-0.39, 0.29) is 30.0 Å². The zero-order valence-electron chi connectivity index (χ0n) is 12.5. The van der Waals surface area contributed by atoms with Crippen molar-refractivity contribution in [2.24, 2.45) is 11.7 Å². The van der Waals surface area contributed by atoms with Gasteiger partial charge in [-0.25, -0.2) is 4.39 Å². The van der Waals surface area contributed by atoms with E-state index < -0.39 is 6.04 Å². The van der Waals surface area contributed by atoms with Crippen molar-refractivity contribution in [1.29, 1.82) is 0 Å². The van der Waals surface area contributed by atoms with Crippen molar-refractivity contribution < 1.29 is 9.18 Å². The number of benzene rings is 1. The van der Waals surface area contributed by atoms with Crippen LogP contribution in [-0.2, 0) is 10.5 Å². The Hall–Kier alpha value is -0.780. The molecular formula is C15H24ClFN2OS. The molecule has 1 rings (SSSR count). The molecule has 3 N–H and O–H groups in total. The molecule has 6 heteroatoms. The van der Waals surface area contributed by atoms with Crippen LogP contribution in [0.5, 0.6) is 0 Å². The first-order chi connectivity index (χ1) is 9.56. The number of rotatable bonds is 8. The van der Waals surface area contributed by atoms with Gasteiger partial charge in [0, 0.05) is 18.1 Å². The summed E-state index contributed by atoms with van der Waals surface area (Å²) in [6.45, 7) is 4.54. The number of carbonyl (C=O) groups excluding carboxylic acids is 1. The van der Waals surface area contributed by atoms with Gasteiger partial charge in [-0.1, -0.05) is 38.5 Å². The monoisotopic (exact) mass is 334 g/mol. The Morgan fingerprint density at radius 3 is 2.71 bits per heavy atom. The maximum absolute atomic E-state index is 13.4. The van der Waals surface area contributed by atoms with E-state index in [1.54, 1.807) is 23.9 Å². The summed E-state index contributed by atoms with van der Waals surface area (Å²) < 4.78 is 13.4. The minimum atomic E-state index is -0.448. The Balaban J connectivity index is 0.00000400. The molecule has 1 aromatic rings. The van der Waals surface area contributed by atoms with E-state index in [2.05, 4.69) is 5.32 Å². The summed E-state index contributed by atoms with van der Waals surface area (Å²) in [5.74, 6) is 1.25. The molecule has 0 aliphatic rings. The summed E-state index contributed by atoms with van der Waals surface area (Å²) in [5.41, 5.74) is 6.52. The van der Waals surface area contributed by atoms with E-state index >= 15 is 0 Å². The largest absolute Gasteiger partial charge is 0.354 e. The second kappa shape index (κ2) is 10.9. The molecule has 0 bridgehead atoms. The van der Waals surface area contributed by atoms with Crippen molar-refractivity contribution in [3.63, 3.8) is 0 Å². The molecule has 3 nitrogen and oxygen atoms in total. The molecule has 1 amide bonds. The second-order valence-electron chi connectivity index (χ2n) is 4.85. The fourth-order valence-electron chi connectivity index (χ4n) is 1.67. The average Bonchev–Trinajstić information content (AvgIpc) is 2.46. The molecule has 0 fully saturated rings. The highest BCUT2D eigenvalue weighted by Gasteiger charge is 2.18. The molecule has 21 heavy (non-hydrogen) atoms. The van der Waals surface area contributed by atoms with Crippen LogP contribution in [0.1, 0.15) is 25.8 Å². The molecule has 0 aliphatic heterocycles. The number of nitrogens with one attached hydrogen (secondary N) is 1. The Bertz CT molecular complexity index is 434.